The number of hydrogen-bond donors (Lipinski definition) is 1. The van der Waals surface area contributed by atoms with Gasteiger partial charge in [0.1, 0.15) is 6.04 Å². The van der Waals surface area contributed by atoms with E-state index in [4.69, 9.17) is 0 Å². The fourth-order valence-electron chi connectivity index (χ4n) is 3.59. The molecule has 0 spiro atoms. The Morgan fingerprint density at radius 1 is 1.00 bits per heavy atom. The van der Waals surface area contributed by atoms with Gasteiger partial charge < -0.3 is 5.32 Å². The minimum Gasteiger partial charge on any atom is -0.353 e. The first-order chi connectivity index (χ1) is 12.5. The highest BCUT2D eigenvalue weighted by Gasteiger charge is 2.45. The Bertz CT molecular complexity index is 852. The van der Waals surface area contributed by atoms with Crippen LogP contribution >= 0.6 is 0 Å². The van der Waals surface area contributed by atoms with E-state index in [0.29, 0.717) is 17.7 Å². The largest absolute Gasteiger partial charge is 0.353 e. The lowest BCUT2D eigenvalue weighted by Crippen LogP contribution is -2.49. The SMILES string of the molecule is CC(C(=O)NCC1(c2ccccc2)CC1)N1C(=O)c2ccccc2C1=O. The summed E-state index contributed by atoms with van der Waals surface area (Å²) < 4.78 is 0. The fraction of sp³-hybridized carbons (Fsp3) is 0.286. The predicted molar refractivity (Wildman–Crippen MR) is 96.8 cm³/mol. The van der Waals surface area contributed by atoms with Crippen molar-refractivity contribution in [3.8, 4) is 0 Å². The second-order valence-corrected chi connectivity index (χ2v) is 7.07. The summed E-state index contributed by atoms with van der Waals surface area (Å²) >= 11 is 0. The Hall–Kier alpha value is -2.95. The van der Waals surface area contributed by atoms with Gasteiger partial charge in [0.05, 0.1) is 11.1 Å². The molecule has 1 aliphatic carbocycles. The van der Waals surface area contributed by atoms with Gasteiger partial charge in [0, 0.05) is 12.0 Å². The molecule has 4 rings (SSSR count). The third-order valence-corrected chi connectivity index (χ3v) is 5.43. The molecule has 1 aliphatic heterocycles. The lowest BCUT2D eigenvalue weighted by atomic mass is 9.96. The summed E-state index contributed by atoms with van der Waals surface area (Å²) in [6.45, 7) is 2.11. The summed E-state index contributed by atoms with van der Waals surface area (Å²) in [5, 5.41) is 2.94. The lowest BCUT2D eigenvalue weighted by Gasteiger charge is -2.23. The monoisotopic (exact) mass is 348 g/mol. The molecule has 0 radical (unpaired) electrons. The van der Waals surface area contributed by atoms with Crippen LogP contribution in [0.3, 0.4) is 0 Å². The normalized spacial score (nSPS) is 18.4. The second kappa shape index (κ2) is 6.09. The van der Waals surface area contributed by atoms with Crippen molar-refractivity contribution in [2.24, 2.45) is 0 Å². The van der Waals surface area contributed by atoms with E-state index < -0.39 is 17.9 Å². The number of rotatable bonds is 5. The summed E-state index contributed by atoms with van der Waals surface area (Å²) in [4.78, 5) is 38.7. The number of benzene rings is 2. The molecule has 1 saturated carbocycles. The van der Waals surface area contributed by atoms with E-state index in [0.717, 1.165) is 17.7 Å². The zero-order valence-electron chi connectivity index (χ0n) is 14.6. The number of imide groups is 1. The van der Waals surface area contributed by atoms with Crippen molar-refractivity contribution in [1.29, 1.82) is 0 Å². The van der Waals surface area contributed by atoms with Crippen LogP contribution in [0.1, 0.15) is 46.0 Å². The molecule has 2 aromatic carbocycles. The number of fused-ring (bicyclic) bond motifs is 1. The molecule has 1 atom stereocenters. The van der Waals surface area contributed by atoms with Gasteiger partial charge in [-0.3, -0.25) is 19.3 Å². The van der Waals surface area contributed by atoms with Crippen LogP contribution < -0.4 is 5.32 Å². The maximum atomic E-state index is 12.6. The zero-order valence-corrected chi connectivity index (χ0v) is 14.6. The van der Waals surface area contributed by atoms with Crippen molar-refractivity contribution < 1.29 is 14.4 Å². The topological polar surface area (TPSA) is 66.5 Å². The minimum absolute atomic E-state index is 0.0152. The van der Waals surface area contributed by atoms with Crippen LogP contribution in [0.15, 0.2) is 54.6 Å². The summed E-state index contributed by atoms with van der Waals surface area (Å²) in [6, 6.07) is 16.0. The van der Waals surface area contributed by atoms with Gasteiger partial charge in [-0.1, -0.05) is 42.5 Å². The first-order valence-corrected chi connectivity index (χ1v) is 8.84. The van der Waals surface area contributed by atoms with E-state index in [1.165, 1.54) is 5.56 Å². The van der Waals surface area contributed by atoms with Crippen LogP contribution in [0, 0.1) is 0 Å². The lowest BCUT2D eigenvalue weighted by molar-refractivity contribution is -0.124. The van der Waals surface area contributed by atoms with Crippen molar-refractivity contribution in [3.05, 3.63) is 71.3 Å². The van der Waals surface area contributed by atoms with Crippen LogP contribution in [0.25, 0.3) is 0 Å². The molecule has 0 bridgehead atoms. The van der Waals surface area contributed by atoms with Crippen molar-refractivity contribution in [2.75, 3.05) is 6.54 Å². The highest BCUT2D eigenvalue weighted by molar-refractivity contribution is 6.22. The standard InChI is InChI=1S/C21H20N2O3/c1-14(23-19(25)16-9-5-6-10-17(16)20(23)26)18(24)22-13-21(11-12-21)15-7-3-2-4-8-15/h2-10,14H,11-13H2,1H3,(H,22,24). The van der Waals surface area contributed by atoms with E-state index >= 15 is 0 Å². The molecule has 5 nitrogen and oxygen atoms in total. The van der Waals surface area contributed by atoms with Gasteiger partial charge in [0.25, 0.3) is 11.8 Å². The zero-order chi connectivity index (χ0) is 18.3. The highest BCUT2D eigenvalue weighted by atomic mass is 16.2. The number of nitrogens with one attached hydrogen (secondary N) is 1. The number of carbonyl (C=O) groups is 3. The average Bonchev–Trinajstić information content (AvgIpc) is 3.43. The Labute approximate surface area is 152 Å². The molecule has 0 aromatic heterocycles. The molecule has 1 unspecified atom stereocenters. The molecule has 1 heterocycles. The number of nitrogens with zero attached hydrogens (tertiary/aromatic N) is 1. The summed E-state index contributed by atoms with van der Waals surface area (Å²) in [5.41, 5.74) is 1.92. The van der Waals surface area contributed by atoms with Crippen LogP contribution in [0.5, 0.6) is 0 Å². The number of amides is 3. The first kappa shape index (κ1) is 16.5. The minimum atomic E-state index is -0.839. The number of hydrogen-bond acceptors (Lipinski definition) is 3. The van der Waals surface area contributed by atoms with E-state index in [1.807, 2.05) is 18.2 Å². The summed E-state index contributed by atoms with van der Waals surface area (Å²) in [5.74, 6) is -1.11. The second-order valence-electron chi connectivity index (χ2n) is 7.07. The Morgan fingerprint density at radius 2 is 1.54 bits per heavy atom. The van der Waals surface area contributed by atoms with Crippen LogP contribution in [0.4, 0.5) is 0 Å². The number of carbonyl (C=O) groups excluding carboxylic acids is 3. The molecule has 5 heteroatoms. The van der Waals surface area contributed by atoms with Crippen LogP contribution in [-0.4, -0.2) is 35.2 Å². The van der Waals surface area contributed by atoms with Gasteiger partial charge in [-0.2, -0.15) is 0 Å². The van der Waals surface area contributed by atoms with Gasteiger partial charge in [-0.05, 0) is 37.5 Å². The third-order valence-electron chi connectivity index (χ3n) is 5.43. The quantitative estimate of drug-likeness (QED) is 0.845. The van der Waals surface area contributed by atoms with E-state index in [-0.39, 0.29) is 11.3 Å². The summed E-state index contributed by atoms with van der Waals surface area (Å²) in [7, 11) is 0. The van der Waals surface area contributed by atoms with Gasteiger partial charge >= 0.3 is 0 Å². The molecule has 132 valence electrons. The Morgan fingerprint density at radius 3 is 2.08 bits per heavy atom. The third kappa shape index (κ3) is 2.60. The highest BCUT2D eigenvalue weighted by Crippen LogP contribution is 2.47. The molecule has 0 saturated heterocycles. The van der Waals surface area contributed by atoms with E-state index in [9.17, 15) is 14.4 Å². The average molecular weight is 348 g/mol. The van der Waals surface area contributed by atoms with Crippen molar-refractivity contribution >= 4 is 17.7 Å². The van der Waals surface area contributed by atoms with E-state index in [1.54, 1.807) is 31.2 Å². The molecule has 26 heavy (non-hydrogen) atoms. The van der Waals surface area contributed by atoms with Crippen molar-refractivity contribution in [3.63, 3.8) is 0 Å². The van der Waals surface area contributed by atoms with Crippen LogP contribution in [0.2, 0.25) is 0 Å². The smallest absolute Gasteiger partial charge is 0.262 e. The fourth-order valence-corrected chi connectivity index (χ4v) is 3.59. The van der Waals surface area contributed by atoms with Gasteiger partial charge in [0.15, 0.2) is 0 Å². The van der Waals surface area contributed by atoms with Crippen LogP contribution in [-0.2, 0) is 10.2 Å². The maximum absolute atomic E-state index is 12.6. The maximum Gasteiger partial charge on any atom is 0.262 e. The van der Waals surface area contributed by atoms with Gasteiger partial charge in [-0.15, -0.1) is 0 Å². The first-order valence-electron chi connectivity index (χ1n) is 8.84. The predicted octanol–water partition coefficient (Wildman–Crippen LogP) is 2.52. The Balaban J connectivity index is 1.45. The van der Waals surface area contributed by atoms with E-state index in [2.05, 4.69) is 17.4 Å². The van der Waals surface area contributed by atoms with Crippen molar-refractivity contribution in [1.82, 2.24) is 10.2 Å². The van der Waals surface area contributed by atoms with Gasteiger partial charge in [0.2, 0.25) is 5.91 Å². The molecule has 2 aliphatic rings. The molecular weight excluding hydrogens is 328 g/mol. The molecular formula is C21H20N2O3. The molecule has 2 aromatic rings. The molecule has 1 fully saturated rings. The molecule has 1 N–H and O–H groups in total. The van der Waals surface area contributed by atoms with Crippen molar-refractivity contribution in [2.45, 2.75) is 31.2 Å². The molecule has 3 amide bonds. The summed E-state index contributed by atoms with van der Waals surface area (Å²) in [6.07, 6.45) is 2.05. The Kier molecular flexibility index (Phi) is 3.87. The van der Waals surface area contributed by atoms with Gasteiger partial charge in [-0.25, -0.2) is 0 Å².